The molecule has 0 radical (unpaired) electrons. The van der Waals surface area contributed by atoms with E-state index in [1.165, 1.54) is 10.6 Å². The van der Waals surface area contributed by atoms with E-state index in [2.05, 4.69) is 34.1 Å². The molecule has 34 heavy (non-hydrogen) atoms. The second kappa shape index (κ2) is 9.71. The Kier molecular flexibility index (Phi) is 6.34. The summed E-state index contributed by atoms with van der Waals surface area (Å²) in [6.07, 6.45) is 0.551. The Morgan fingerprint density at radius 3 is 2.35 bits per heavy atom. The molecule has 0 bridgehead atoms. The van der Waals surface area contributed by atoms with E-state index >= 15 is 0 Å². The molecule has 6 heteroatoms. The lowest BCUT2D eigenvalue weighted by Gasteiger charge is -2.39. The first-order chi connectivity index (χ1) is 16.7. The Morgan fingerprint density at radius 2 is 1.65 bits per heavy atom. The minimum Gasteiger partial charge on any atom is -0.497 e. The van der Waals surface area contributed by atoms with Crippen molar-refractivity contribution in [1.29, 1.82) is 0 Å². The van der Waals surface area contributed by atoms with Crippen LogP contribution >= 0.6 is 0 Å². The van der Waals surface area contributed by atoms with Crippen LogP contribution < -0.4 is 14.5 Å². The van der Waals surface area contributed by atoms with E-state index in [1.54, 1.807) is 13.3 Å². The summed E-state index contributed by atoms with van der Waals surface area (Å²) < 4.78 is 5.33. The smallest absolute Gasteiger partial charge is 0.199 e. The van der Waals surface area contributed by atoms with Crippen molar-refractivity contribution in [3.63, 3.8) is 0 Å². The van der Waals surface area contributed by atoms with Crippen LogP contribution in [0.25, 0.3) is 10.9 Å². The number of para-hydroxylation sites is 2. The third-order valence-electron chi connectivity index (χ3n) is 6.88. The molecule has 1 aliphatic rings. The number of aliphatic hydroxyl groups excluding tert-OH is 1. The minimum atomic E-state index is -1.16. The van der Waals surface area contributed by atoms with Gasteiger partial charge in [0.15, 0.2) is 11.9 Å². The largest absolute Gasteiger partial charge is 0.497 e. The zero-order valence-corrected chi connectivity index (χ0v) is 19.3. The molecule has 5 rings (SSSR count). The van der Waals surface area contributed by atoms with E-state index in [0.717, 1.165) is 48.4 Å². The number of Topliss-reactive ketones (excluding diaryl/α,β-unsaturated/α-hetero) is 1. The zero-order valence-electron chi connectivity index (χ0n) is 19.3. The molecule has 1 aromatic heterocycles. The number of carbonyl (C=O) groups excluding carboxylic acids is 1. The molecule has 1 fully saturated rings. The van der Waals surface area contributed by atoms with Crippen LogP contribution in [0.3, 0.4) is 0 Å². The number of hydrogen-bond acceptors (Lipinski definition) is 4. The predicted molar refractivity (Wildman–Crippen MR) is 134 cm³/mol. The van der Waals surface area contributed by atoms with Gasteiger partial charge in [0.1, 0.15) is 11.8 Å². The van der Waals surface area contributed by atoms with Gasteiger partial charge in [-0.1, -0.05) is 36.4 Å². The van der Waals surface area contributed by atoms with Gasteiger partial charge in [-0.15, -0.1) is 0 Å². The summed E-state index contributed by atoms with van der Waals surface area (Å²) in [5, 5.41) is 12.3. The van der Waals surface area contributed by atoms with Crippen molar-refractivity contribution in [3.8, 4) is 5.75 Å². The SMILES string of the molecule is COc1ccc([C@@H]([C@@H](O)C(=O)c2c[nH]c3ccccc23)[NH+]2CCN(c3ccccc3)CC2)cc1. The average Bonchev–Trinajstić information content (AvgIpc) is 3.34. The second-order valence-corrected chi connectivity index (χ2v) is 8.79. The van der Waals surface area contributed by atoms with Gasteiger partial charge in [-0.05, 0) is 42.5 Å². The molecule has 0 unspecified atom stereocenters. The Bertz CT molecular complexity index is 1240. The molecule has 3 N–H and O–H groups in total. The van der Waals surface area contributed by atoms with Crippen LogP contribution in [0.5, 0.6) is 5.75 Å². The summed E-state index contributed by atoms with van der Waals surface area (Å²) in [5.41, 5.74) is 3.56. The molecule has 174 valence electrons. The topological polar surface area (TPSA) is 70.0 Å². The molecular weight excluding hydrogens is 426 g/mol. The summed E-state index contributed by atoms with van der Waals surface area (Å²) >= 11 is 0. The fraction of sp³-hybridized carbons (Fsp3) is 0.250. The van der Waals surface area contributed by atoms with E-state index in [1.807, 2.05) is 54.6 Å². The number of carbonyl (C=O) groups is 1. The molecule has 0 saturated carbocycles. The number of nitrogens with zero attached hydrogens (tertiary/aromatic N) is 1. The van der Waals surface area contributed by atoms with Crippen LogP contribution in [0.2, 0.25) is 0 Å². The van der Waals surface area contributed by atoms with Crippen LogP contribution in [0.15, 0.2) is 85.1 Å². The van der Waals surface area contributed by atoms with E-state index in [0.29, 0.717) is 5.56 Å². The third kappa shape index (κ3) is 4.30. The van der Waals surface area contributed by atoms with E-state index < -0.39 is 6.10 Å². The highest BCUT2D eigenvalue weighted by atomic mass is 16.5. The summed E-state index contributed by atoms with van der Waals surface area (Å²) in [4.78, 5) is 20.3. The second-order valence-electron chi connectivity index (χ2n) is 8.79. The molecule has 0 aliphatic carbocycles. The van der Waals surface area contributed by atoms with Gasteiger partial charge in [-0.3, -0.25) is 4.79 Å². The van der Waals surface area contributed by atoms with Crippen LogP contribution in [0.4, 0.5) is 5.69 Å². The first kappa shape index (κ1) is 22.2. The normalized spacial score (nSPS) is 16.4. The van der Waals surface area contributed by atoms with Crippen molar-refractivity contribution < 1.29 is 19.5 Å². The number of methoxy groups -OCH3 is 1. The number of fused-ring (bicyclic) bond motifs is 1. The first-order valence-electron chi connectivity index (χ1n) is 11.7. The standard InChI is InChI=1S/C28H29N3O3/c1-34-22-13-11-20(12-14-22)26(31-17-15-30(16-18-31)21-7-3-2-4-8-21)28(33)27(32)24-19-29-25-10-6-5-9-23(24)25/h2-14,19,26,28-29,33H,15-18H2,1H3/p+1/t26-,28+/m0/s1. The number of quaternary nitrogens is 1. The van der Waals surface area contributed by atoms with Gasteiger partial charge in [0, 0.05) is 33.9 Å². The Labute approximate surface area is 199 Å². The molecule has 0 spiro atoms. The average molecular weight is 457 g/mol. The maximum Gasteiger partial charge on any atom is 0.199 e. The molecule has 4 aromatic rings. The van der Waals surface area contributed by atoms with Crippen molar-refractivity contribution in [1.82, 2.24) is 4.98 Å². The molecule has 1 saturated heterocycles. The maximum absolute atomic E-state index is 13.6. The van der Waals surface area contributed by atoms with Crippen LogP contribution in [0, 0.1) is 0 Å². The number of hydrogen-bond donors (Lipinski definition) is 3. The van der Waals surface area contributed by atoms with Gasteiger partial charge in [-0.25, -0.2) is 0 Å². The number of aromatic amines is 1. The summed E-state index contributed by atoms with van der Waals surface area (Å²) in [5.74, 6) is 0.500. The van der Waals surface area contributed by atoms with Crippen molar-refractivity contribution >= 4 is 22.4 Å². The fourth-order valence-electron chi connectivity index (χ4n) is 5.04. The third-order valence-corrected chi connectivity index (χ3v) is 6.88. The van der Waals surface area contributed by atoms with Crippen molar-refractivity contribution in [2.24, 2.45) is 0 Å². The molecule has 6 nitrogen and oxygen atoms in total. The van der Waals surface area contributed by atoms with Gasteiger partial charge in [-0.2, -0.15) is 0 Å². The Morgan fingerprint density at radius 1 is 0.971 bits per heavy atom. The van der Waals surface area contributed by atoms with Crippen molar-refractivity contribution in [2.45, 2.75) is 12.1 Å². The Balaban J connectivity index is 1.43. The lowest BCUT2D eigenvalue weighted by atomic mass is 9.92. The highest BCUT2D eigenvalue weighted by Crippen LogP contribution is 2.25. The van der Waals surface area contributed by atoms with Gasteiger partial charge < -0.3 is 24.6 Å². The maximum atomic E-state index is 13.6. The van der Waals surface area contributed by atoms with Crippen molar-refractivity contribution in [3.05, 3.63) is 96.2 Å². The monoisotopic (exact) mass is 456 g/mol. The molecular formula is C28H30N3O3+. The summed E-state index contributed by atoms with van der Waals surface area (Å²) in [7, 11) is 1.63. The molecule has 0 amide bonds. The number of piperazine rings is 1. The summed E-state index contributed by atoms with van der Waals surface area (Å²) in [6.45, 7) is 3.37. The Hall–Kier alpha value is -3.61. The quantitative estimate of drug-likeness (QED) is 0.374. The fourth-order valence-corrected chi connectivity index (χ4v) is 5.04. The van der Waals surface area contributed by atoms with Gasteiger partial charge in [0.05, 0.1) is 33.3 Å². The van der Waals surface area contributed by atoms with Gasteiger partial charge in [0.2, 0.25) is 0 Å². The van der Waals surface area contributed by atoms with Gasteiger partial charge in [0.25, 0.3) is 0 Å². The molecule has 1 aliphatic heterocycles. The van der Waals surface area contributed by atoms with E-state index in [9.17, 15) is 9.90 Å². The summed E-state index contributed by atoms with van der Waals surface area (Å²) in [6, 6.07) is 25.4. The number of aliphatic hydroxyl groups is 1. The number of aromatic nitrogens is 1. The molecule has 2 heterocycles. The lowest BCUT2D eigenvalue weighted by molar-refractivity contribution is -0.934. The predicted octanol–water partition coefficient (Wildman–Crippen LogP) is 2.87. The highest BCUT2D eigenvalue weighted by molar-refractivity contribution is 6.10. The zero-order chi connectivity index (χ0) is 23.5. The highest BCUT2D eigenvalue weighted by Gasteiger charge is 2.39. The number of ketones is 1. The lowest BCUT2D eigenvalue weighted by Crippen LogP contribution is -3.16. The van der Waals surface area contributed by atoms with Crippen LogP contribution in [-0.4, -0.2) is 55.3 Å². The number of H-pyrrole nitrogens is 1. The van der Waals surface area contributed by atoms with Crippen LogP contribution in [-0.2, 0) is 0 Å². The number of nitrogens with one attached hydrogen (secondary N) is 2. The van der Waals surface area contributed by atoms with E-state index in [-0.39, 0.29) is 11.8 Å². The van der Waals surface area contributed by atoms with Gasteiger partial charge >= 0.3 is 0 Å². The minimum absolute atomic E-state index is 0.253. The van der Waals surface area contributed by atoms with Crippen LogP contribution in [0.1, 0.15) is 22.0 Å². The van der Waals surface area contributed by atoms with Crippen molar-refractivity contribution in [2.75, 3.05) is 38.2 Å². The number of benzene rings is 3. The van der Waals surface area contributed by atoms with E-state index in [4.69, 9.17) is 4.74 Å². The first-order valence-corrected chi connectivity index (χ1v) is 11.7. The molecule has 3 aromatic carbocycles. The molecule has 2 atom stereocenters. The number of rotatable bonds is 7. The number of anilines is 1. The number of ether oxygens (including phenoxy) is 1.